The first kappa shape index (κ1) is 12.2. The highest BCUT2D eigenvalue weighted by Crippen LogP contribution is 2.23. The average Bonchev–Trinajstić information content (AvgIpc) is 2.97. The van der Waals surface area contributed by atoms with Gasteiger partial charge in [-0.05, 0) is 25.1 Å². The van der Waals surface area contributed by atoms with E-state index in [0.29, 0.717) is 24.2 Å². The van der Waals surface area contributed by atoms with Gasteiger partial charge in [-0.3, -0.25) is 0 Å². The minimum atomic E-state index is 0.568. The van der Waals surface area contributed by atoms with Gasteiger partial charge in [0.2, 0.25) is 0 Å². The fourth-order valence-corrected chi connectivity index (χ4v) is 2.30. The highest BCUT2D eigenvalue weighted by atomic mass is 16.5. The van der Waals surface area contributed by atoms with Crippen molar-refractivity contribution in [3.05, 3.63) is 24.3 Å². The molecule has 100 valence electrons. The second kappa shape index (κ2) is 5.40. The smallest absolute Gasteiger partial charge is 0.258 e. The zero-order valence-corrected chi connectivity index (χ0v) is 11.0. The molecule has 2 aromatic rings. The minimum absolute atomic E-state index is 0.568. The molecule has 19 heavy (non-hydrogen) atoms. The summed E-state index contributed by atoms with van der Waals surface area (Å²) in [5.74, 6) is 1.86. The normalized spacial score (nSPS) is 18.7. The van der Waals surface area contributed by atoms with Crippen LogP contribution in [0.2, 0.25) is 0 Å². The highest BCUT2D eigenvalue weighted by Gasteiger charge is 2.17. The van der Waals surface area contributed by atoms with Crippen molar-refractivity contribution in [2.75, 3.05) is 32.1 Å². The summed E-state index contributed by atoms with van der Waals surface area (Å²) in [6.07, 6.45) is 1.16. The molecule has 3 rings (SSSR count). The van der Waals surface area contributed by atoms with Crippen molar-refractivity contribution < 1.29 is 4.74 Å². The molecule has 1 fully saturated rings. The van der Waals surface area contributed by atoms with Gasteiger partial charge in [-0.15, -0.1) is 0 Å². The van der Waals surface area contributed by atoms with Gasteiger partial charge in [0.25, 0.3) is 5.88 Å². The molecule has 0 saturated carbocycles. The minimum Gasteiger partial charge on any atom is -0.475 e. The van der Waals surface area contributed by atoms with Gasteiger partial charge >= 0.3 is 0 Å². The van der Waals surface area contributed by atoms with Gasteiger partial charge in [0.1, 0.15) is 0 Å². The van der Waals surface area contributed by atoms with Gasteiger partial charge in [0.05, 0.1) is 17.6 Å². The molecule has 1 aromatic heterocycles. The largest absolute Gasteiger partial charge is 0.475 e. The van der Waals surface area contributed by atoms with Crippen LogP contribution in [0.25, 0.3) is 11.0 Å². The number of ether oxygens (including phenoxy) is 1. The Morgan fingerprint density at radius 1 is 1.32 bits per heavy atom. The van der Waals surface area contributed by atoms with Crippen LogP contribution in [0.5, 0.6) is 5.88 Å². The van der Waals surface area contributed by atoms with Gasteiger partial charge in [-0.2, -0.15) is 0 Å². The molecule has 5 heteroatoms. The highest BCUT2D eigenvalue weighted by molar-refractivity contribution is 5.77. The molecule has 0 bridgehead atoms. The summed E-state index contributed by atoms with van der Waals surface area (Å²) in [6, 6.07) is 7.82. The molecule has 1 aliphatic heterocycles. The van der Waals surface area contributed by atoms with Gasteiger partial charge in [0.15, 0.2) is 5.82 Å². The molecular weight excluding hydrogens is 240 g/mol. The molecule has 1 aromatic carbocycles. The first-order valence-corrected chi connectivity index (χ1v) is 6.65. The van der Waals surface area contributed by atoms with Crippen LogP contribution in [-0.4, -0.2) is 36.7 Å². The second-order valence-corrected chi connectivity index (χ2v) is 4.79. The van der Waals surface area contributed by atoms with E-state index in [4.69, 9.17) is 4.74 Å². The molecular formula is C14H18N4O. The maximum atomic E-state index is 5.84. The number of nitrogens with one attached hydrogen (secondary N) is 2. The number of aromatic nitrogens is 2. The van der Waals surface area contributed by atoms with Gasteiger partial charge in [-0.25, -0.2) is 9.97 Å². The maximum absolute atomic E-state index is 5.84. The second-order valence-electron chi connectivity index (χ2n) is 4.79. The Labute approximate surface area is 112 Å². The van der Waals surface area contributed by atoms with Gasteiger partial charge in [0, 0.05) is 19.5 Å². The van der Waals surface area contributed by atoms with Crippen molar-refractivity contribution in [2.24, 2.45) is 5.92 Å². The van der Waals surface area contributed by atoms with Gasteiger partial charge < -0.3 is 15.4 Å². The number of rotatable bonds is 4. The quantitative estimate of drug-likeness (QED) is 0.873. The zero-order valence-electron chi connectivity index (χ0n) is 11.0. The predicted octanol–water partition coefficient (Wildman–Crippen LogP) is 1.66. The van der Waals surface area contributed by atoms with Crippen LogP contribution in [-0.2, 0) is 0 Å². The summed E-state index contributed by atoms with van der Waals surface area (Å²) in [5.41, 5.74) is 1.74. The molecule has 1 atom stereocenters. The van der Waals surface area contributed by atoms with E-state index in [0.717, 1.165) is 30.5 Å². The van der Waals surface area contributed by atoms with Crippen molar-refractivity contribution in [2.45, 2.75) is 6.42 Å². The summed E-state index contributed by atoms with van der Waals surface area (Å²) in [4.78, 5) is 9.06. The van der Waals surface area contributed by atoms with Crippen LogP contribution in [0, 0.1) is 5.92 Å². The van der Waals surface area contributed by atoms with E-state index in [1.807, 2.05) is 31.3 Å². The van der Waals surface area contributed by atoms with Crippen LogP contribution >= 0.6 is 0 Å². The van der Waals surface area contributed by atoms with E-state index in [1.54, 1.807) is 0 Å². The predicted molar refractivity (Wildman–Crippen MR) is 75.6 cm³/mol. The lowest BCUT2D eigenvalue weighted by Crippen LogP contribution is -2.16. The number of para-hydroxylation sites is 2. The lowest BCUT2D eigenvalue weighted by molar-refractivity contribution is 0.252. The topological polar surface area (TPSA) is 59.1 Å². The van der Waals surface area contributed by atoms with Crippen LogP contribution in [0.1, 0.15) is 6.42 Å². The molecule has 0 radical (unpaired) electrons. The molecule has 0 aliphatic carbocycles. The third-order valence-electron chi connectivity index (χ3n) is 3.39. The summed E-state index contributed by atoms with van der Waals surface area (Å²) in [7, 11) is 1.84. The van der Waals surface area contributed by atoms with Crippen LogP contribution < -0.4 is 15.4 Å². The standard InChI is InChI=1S/C14H18N4O/c1-15-13-14(19-9-10-6-7-16-8-10)18-12-5-3-2-4-11(12)17-13/h2-5,10,16H,6-9H2,1H3,(H,15,17)/t10-/m0/s1. The Kier molecular flexibility index (Phi) is 3.46. The summed E-state index contributed by atoms with van der Waals surface area (Å²) >= 11 is 0. The molecule has 2 heterocycles. The zero-order chi connectivity index (χ0) is 13.1. The summed E-state index contributed by atoms with van der Waals surface area (Å²) in [6.45, 7) is 2.79. The van der Waals surface area contributed by atoms with Crippen LogP contribution in [0.3, 0.4) is 0 Å². The lowest BCUT2D eigenvalue weighted by atomic mass is 10.1. The van der Waals surface area contributed by atoms with Crippen molar-refractivity contribution in [1.82, 2.24) is 15.3 Å². The van der Waals surface area contributed by atoms with E-state index in [1.165, 1.54) is 0 Å². The molecule has 1 saturated heterocycles. The summed E-state index contributed by atoms with van der Waals surface area (Å²) < 4.78 is 5.84. The first-order chi connectivity index (χ1) is 9.36. The number of anilines is 1. The molecule has 0 amide bonds. The van der Waals surface area contributed by atoms with E-state index in [2.05, 4.69) is 20.6 Å². The van der Waals surface area contributed by atoms with E-state index in [-0.39, 0.29) is 0 Å². The average molecular weight is 258 g/mol. The molecule has 1 aliphatic rings. The Morgan fingerprint density at radius 3 is 2.79 bits per heavy atom. The van der Waals surface area contributed by atoms with E-state index >= 15 is 0 Å². The third kappa shape index (κ3) is 2.61. The molecule has 2 N–H and O–H groups in total. The monoisotopic (exact) mass is 258 g/mol. The summed E-state index contributed by atoms with van der Waals surface area (Å²) in [5, 5.41) is 6.38. The van der Waals surface area contributed by atoms with Crippen LogP contribution in [0.4, 0.5) is 5.82 Å². The Hall–Kier alpha value is -1.88. The number of benzene rings is 1. The Morgan fingerprint density at radius 2 is 2.11 bits per heavy atom. The number of hydrogen-bond donors (Lipinski definition) is 2. The fourth-order valence-electron chi connectivity index (χ4n) is 2.30. The first-order valence-electron chi connectivity index (χ1n) is 6.65. The SMILES string of the molecule is CNc1nc2ccccc2nc1OC[C@H]1CCNC1. The van der Waals surface area contributed by atoms with Crippen molar-refractivity contribution >= 4 is 16.9 Å². The number of fused-ring (bicyclic) bond motifs is 1. The number of hydrogen-bond acceptors (Lipinski definition) is 5. The fraction of sp³-hybridized carbons (Fsp3) is 0.429. The molecule has 0 spiro atoms. The third-order valence-corrected chi connectivity index (χ3v) is 3.39. The van der Waals surface area contributed by atoms with Crippen molar-refractivity contribution in [1.29, 1.82) is 0 Å². The Balaban J connectivity index is 1.83. The Bertz CT molecular complexity index is 566. The van der Waals surface area contributed by atoms with Gasteiger partial charge in [-0.1, -0.05) is 12.1 Å². The molecule has 5 nitrogen and oxygen atoms in total. The van der Waals surface area contributed by atoms with E-state index in [9.17, 15) is 0 Å². The molecule has 0 unspecified atom stereocenters. The van der Waals surface area contributed by atoms with E-state index < -0.39 is 0 Å². The van der Waals surface area contributed by atoms with Crippen LogP contribution in [0.15, 0.2) is 24.3 Å². The van der Waals surface area contributed by atoms with Crippen molar-refractivity contribution in [3.8, 4) is 5.88 Å². The lowest BCUT2D eigenvalue weighted by Gasteiger charge is -2.13. The maximum Gasteiger partial charge on any atom is 0.258 e. The van der Waals surface area contributed by atoms with Crippen molar-refractivity contribution in [3.63, 3.8) is 0 Å². The number of nitrogens with zero attached hydrogens (tertiary/aromatic N) is 2.